The van der Waals surface area contributed by atoms with Gasteiger partial charge in [0.2, 0.25) is 5.91 Å². The van der Waals surface area contributed by atoms with Crippen LogP contribution in [0.3, 0.4) is 0 Å². The highest BCUT2D eigenvalue weighted by Crippen LogP contribution is 2.34. The minimum atomic E-state index is -1.18. The van der Waals surface area contributed by atoms with Crippen LogP contribution < -0.4 is 5.73 Å². The summed E-state index contributed by atoms with van der Waals surface area (Å²) in [4.78, 5) is 21.8. The molecule has 0 fully saturated rings. The number of primary amides is 1. The highest BCUT2D eigenvalue weighted by Gasteiger charge is 2.39. The van der Waals surface area contributed by atoms with E-state index < -0.39 is 23.9 Å². The minimum absolute atomic E-state index is 0.170. The van der Waals surface area contributed by atoms with E-state index in [0.717, 1.165) is 0 Å². The number of esters is 1. The largest absolute Gasteiger partial charge is 0.451 e. The Balaban J connectivity index is 2.99. The Bertz CT molecular complexity index is 372. The van der Waals surface area contributed by atoms with Gasteiger partial charge in [-0.15, -0.1) is 0 Å². The van der Waals surface area contributed by atoms with Crippen molar-refractivity contribution >= 4 is 43.7 Å². The van der Waals surface area contributed by atoms with E-state index in [0.29, 0.717) is 4.48 Å². The molecule has 2 N–H and O–H groups in total. The fourth-order valence-electron chi connectivity index (χ4n) is 0.936. The van der Waals surface area contributed by atoms with Gasteiger partial charge in [-0.05, 0) is 31.9 Å². The number of ether oxygens (including phenoxy) is 1. The SMILES string of the molecule is N#CC(C(N)=O)C1OC(=O)C(Br)=C1Br. The predicted molar refractivity (Wildman–Crippen MR) is 53.1 cm³/mol. The molecular weight excluding hydrogens is 320 g/mol. The topological polar surface area (TPSA) is 93.2 Å². The van der Waals surface area contributed by atoms with Gasteiger partial charge in [0.05, 0.1) is 10.6 Å². The molecule has 1 aliphatic rings. The lowest BCUT2D eigenvalue weighted by molar-refractivity contribution is -0.141. The van der Waals surface area contributed by atoms with E-state index in [2.05, 4.69) is 31.9 Å². The summed E-state index contributed by atoms with van der Waals surface area (Å²) in [6, 6.07) is 1.68. The molecule has 74 valence electrons. The molecule has 1 rings (SSSR count). The van der Waals surface area contributed by atoms with Crippen LogP contribution in [0.5, 0.6) is 0 Å². The number of carbonyl (C=O) groups is 2. The number of hydrogen-bond acceptors (Lipinski definition) is 4. The van der Waals surface area contributed by atoms with Gasteiger partial charge in [0.1, 0.15) is 4.48 Å². The van der Waals surface area contributed by atoms with Gasteiger partial charge in [0.25, 0.3) is 0 Å². The van der Waals surface area contributed by atoms with Crippen molar-refractivity contribution in [3.8, 4) is 6.07 Å². The molecule has 2 unspecified atom stereocenters. The number of halogens is 2. The lowest BCUT2D eigenvalue weighted by Gasteiger charge is -2.12. The van der Waals surface area contributed by atoms with Gasteiger partial charge in [0.15, 0.2) is 12.0 Å². The Kier molecular flexibility index (Phi) is 3.29. The first-order valence-electron chi connectivity index (χ1n) is 3.44. The van der Waals surface area contributed by atoms with E-state index in [4.69, 9.17) is 15.7 Å². The fourth-order valence-corrected chi connectivity index (χ4v) is 1.77. The van der Waals surface area contributed by atoms with Gasteiger partial charge in [0, 0.05) is 0 Å². The number of cyclic esters (lactones) is 1. The predicted octanol–water partition coefficient (Wildman–Crippen LogP) is 0.538. The Morgan fingerprint density at radius 1 is 1.64 bits per heavy atom. The van der Waals surface area contributed by atoms with Gasteiger partial charge in [-0.2, -0.15) is 5.26 Å². The number of amides is 1. The summed E-state index contributed by atoms with van der Waals surface area (Å²) >= 11 is 6.00. The van der Waals surface area contributed by atoms with Crippen molar-refractivity contribution in [2.75, 3.05) is 0 Å². The number of hydrogen-bond donors (Lipinski definition) is 1. The summed E-state index contributed by atoms with van der Waals surface area (Å²) in [5, 5.41) is 8.65. The maximum Gasteiger partial charge on any atom is 0.346 e. The first-order valence-corrected chi connectivity index (χ1v) is 5.02. The molecule has 1 amide bonds. The zero-order valence-electron chi connectivity index (χ0n) is 6.66. The number of carbonyl (C=O) groups excluding carboxylic acids is 2. The second kappa shape index (κ2) is 4.11. The van der Waals surface area contributed by atoms with Gasteiger partial charge in [-0.1, -0.05) is 0 Å². The molecule has 0 aromatic rings. The van der Waals surface area contributed by atoms with Crippen LogP contribution in [-0.4, -0.2) is 18.0 Å². The first kappa shape index (κ1) is 11.2. The third kappa shape index (κ3) is 1.81. The van der Waals surface area contributed by atoms with Gasteiger partial charge >= 0.3 is 5.97 Å². The molecule has 0 spiro atoms. The Morgan fingerprint density at radius 2 is 2.21 bits per heavy atom. The van der Waals surface area contributed by atoms with Crippen molar-refractivity contribution in [2.24, 2.45) is 11.7 Å². The summed E-state index contributed by atoms with van der Waals surface area (Å²) in [6.07, 6.45) is -0.945. The molecule has 2 atom stereocenters. The maximum absolute atomic E-state index is 11.0. The van der Waals surface area contributed by atoms with Crippen LogP contribution in [0.25, 0.3) is 0 Å². The molecule has 0 radical (unpaired) electrons. The Labute approximate surface area is 96.1 Å². The standard InChI is InChI=1S/C7H4Br2N2O3/c8-3-4(9)7(13)14-5(3)2(1-10)6(11)12/h2,5H,(H2,11,12). The lowest BCUT2D eigenvalue weighted by Crippen LogP contribution is -2.33. The summed E-state index contributed by atoms with van der Waals surface area (Å²) in [6.45, 7) is 0. The molecular formula is C7H4Br2N2O3. The van der Waals surface area contributed by atoms with E-state index >= 15 is 0 Å². The quantitative estimate of drug-likeness (QED) is 0.750. The molecule has 0 aliphatic carbocycles. The van der Waals surface area contributed by atoms with Crippen molar-refractivity contribution in [3.63, 3.8) is 0 Å². The van der Waals surface area contributed by atoms with E-state index in [-0.39, 0.29) is 4.48 Å². The number of nitrogens with two attached hydrogens (primary N) is 1. The molecule has 0 aromatic carbocycles. The molecule has 0 aromatic heterocycles. The van der Waals surface area contributed by atoms with Crippen molar-refractivity contribution in [1.29, 1.82) is 5.26 Å². The zero-order valence-corrected chi connectivity index (χ0v) is 9.83. The van der Waals surface area contributed by atoms with Crippen molar-refractivity contribution in [2.45, 2.75) is 6.10 Å². The highest BCUT2D eigenvalue weighted by molar-refractivity contribution is 9.14. The molecule has 0 bridgehead atoms. The third-order valence-corrected chi connectivity index (χ3v) is 3.75. The van der Waals surface area contributed by atoms with Crippen molar-refractivity contribution in [3.05, 3.63) is 8.96 Å². The van der Waals surface area contributed by atoms with E-state index in [1.807, 2.05) is 0 Å². The maximum atomic E-state index is 11.0. The van der Waals surface area contributed by atoms with E-state index in [1.54, 1.807) is 6.07 Å². The fraction of sp³-hybridized carbons (Fsp3) is 0.286. The van der Waals surface area contributed by atoms with Crippen LogP contribution in [0.2, 0.25) is 0 Å². The molecule has 1 aliphatic heterocycles. The normalized spacial score (nSPS) is 22.9. The van der Waals surface area contributed by atoms with Crippen molar-refractivity contribution in [1.82, 2.24) is 0 Å². The van der Waals surface area contributed by atoms with Gasteiger partial charge < -0.3 is 10.5 Å². The lowest BCUT2D eigenvalue weighted by atomic mass is 10.0. The average molecular weight is 324 g/mol. The number of nitrogens with zero attached hydrogens (tertiary/aromatic N) is 1. The number of rotatable bonds is 2. The zero-order chi connectivity index (χ0) is 10.9. The van der Waals surface area contributed by atoms with E-state index in [1.165, 1.54) is 0 Å². The molecule has 14 heavy (non-hydrogen) atoms. The summed E-state index contributed by atoms with van der Waals surface area (Å²) in [5.74, 6) is -2.63. The molecule has 5 nitrogen and oxygen atoms in total. The van der Waals surface area contributed by atoms with Gasteiger partial charge in [-0.25, -0.2) is 4.79 Å². The van der Waals surface area contributed by atoms with Crippen LogP contribution >= 0.6 is 31.9 Å². The monoisotopic (exact) mass is 322 g/mol. The van der Waals surface area contributed by atoms with Crippen LogP contribution in [0, 0.1) is 17.2 Å². The number of nitriles is 1. The second-order valence-electron chi connectivity index (χ2n) is 2.50. The minimum Gasteiger partial charge on any atom is -0.451 e. The van der Waals surface area contributed by atoms with Crippen LogP contribution in [0.4, 0.5) is 0 Å². The van der Waals surface area contributed by atoms with Crippen LogP contribution in [0.15, 0.2) is 8.96 Å². The summed E-state index contributed by atoms with van der Waals surface area (Å²) in [5.41, 5.74) is 4.97. The molecule has 1 heterocycles. The Hall–Kier alpha value is -0.870. The second-order valence-corrected chi connectivity index (χ2v) is 4.14. The molecule has 7 heteroatoms. The first-order chi connectivity index (χ1) is 6.49. The van der Waals surface area contributed by atoms with Crippen molar-refractivity contribution < 1.29 is 14.3 Å². The smallest absolute Gasteiger partial charge is 0.346 e. The van der Waals surface area contributed by atoms with Crippen LogP contribution in [-0.2, 0) is 14.3 Å². The van der Waals surface area contributed by atoms with E-state index in [9.17, 15) is 9.59 Å². The average Bonchev–Trinajstić information content (AvgIpc) is 2.35. The Morgan fingerprint density at radius 3 is 2.50 bits per heavy atom. The highest BCUT2D eigenvalue weighted by atomic mass is 79.9. The third-order valence-electron chi connectivity index (χ3n) is 1.62. The molecule has 0 saturated heterocycles. The molecule has 0 saturated carbocycles. The van der Waals surface area contributed by atoms with Gasteiger partial charge in [-0.3, -0.25) is 4.79 Å². The summed E-state index contributed by atoms with van der Waals surface area (Å²) in [7, 11) is 0. The summed E-state index contributed by atoms with van der Waals surface area (Å²) < 4.78 is 5.27. The van der Waals surface area contributed by atoms with Crippen LogP contribution in [0.1, 0.15) is 0 Å².